The van der Waals surface area contributed by atoms with E-state index in [1.807, 2.05) is 27.7 Å². The van der Waals surface area contributed by atoms with Crippen molar-refractivity contribution in [3.05, 3.63) is 35.4 Å². The van der Waals surface area contributed by atoms with Crippen molar-refractivity contribution in [1.29, 1.82) is 0 Å². The molecule has 0 unspecified atom stereocenters. The lowest BCUT2D eigenvalue weighted by Gasteiger charge is -2.30. The van der Waals surface area contributed by atoms with Gasteiger partial charge in [0, 0.05) is 17.6 Å². The quantitative estimate of drug-likeness (QED) is 0.807. The number of carboxylic acid groups (broad SMARTS) is 1. The highest BCUT2D eigenvalue weighted by Crippen LogP contribution is 2.13. The number of nitrogens with zero attached hydrogens (tertiary/aromatic N) is 1. The zero-order chi connectivity index (χ0) is 13.9. The van der Waals surface area contributed by atoms with Crippen molar-refractivity contribution in [2.45, 2.75) is 39.8 Å². The molecule has 0 heterocycles. The maximum absolute atomic E-state index is 12.3. The molecule has 1 aromatic rings. The van der Waals surface area contributed by atoms with Crippen LogP contribution < -0.4 is 5.11 Å². The van der Waals surface area contributed by atoms with Crippen molar-refractivity contribution in [2.75, 3.05) is 0 Å². The molecule has 18 heavy (non-hydrogen) atoms. The number of amides is 1. The fourth-order valence-electron chi connectivity index (χ4n) is 1.96. The van der Waals surface area contributed by atoms with E-state index in [-0.39, 0.29) is 23.6 Å². The van der Waals surface area contributed by atoms with Crippen molar-refractivity contribution in [2.24, 2.45) is 0 Å². The van der Waals surface area contributed by atoms with Crippen LogP contribution in [0.1, 0.15) is 48.4 Å². The maximum Gasteiger partial charge on any atom is 0.254 e. The zero-order valence-corrected chi connectivity index (χ0v) is 11.1. The minimum absolute atomic E-state index is 0.0761. The zero-order valence-electron chi connectivity index (χ0n) is 11.1. The van der Waals surface area contributed by atoms with E-state index in [1.54, 1.807) is 4.90 Å². The molecule has 0 aromatic heterocycles. The van der Waals surface area contributed by atoms with Gasteiger partial charge in [-0.3, -0.25) is 4.79 Å². The Bertz CT molecular complexity index is 427. The Morgan fingerprint density at radius 1 is 0.944 bits per heavy atom. The number of carbonyl (C=O) groups is 2. The second-order valence-electron chi connectivity index (χ2n) is 4.76. The Balaban J connectivity index is 2.99. The first-order valence-corrected chi connectivity index (χ1v) is 5.98. The summed E-state index contributed by atoms with van der Waals surface area (Å²) in [6.45, 7) is 7.81. The van der Waals surface area contributed by atoms with E-state index in [4.69, 9.17) is 0 Å². The lowest BCUT2D eigenvalue weighted by molar-refractivity contribution is -0.255. The Morgan fingerprint density at radius 3 is 1.67 bits per heavy atom. The number of aromatic carboxylic acids is 1. The minimum atomic E-state index is -1.24. The normalized spacial score (nSPS) is 10.8. The van der Waals surface area contributed by atoms with Crippen LogP contribution in [-0.4, -0.2) is 28.9 Å². The molecule has 98 valence electrons. The molecule has 0 N–H and O–H groups in total. The van der Waals surface area contributed by atoms with E-state index in [1.165, 1.54) is 24.3 Å². The molecular weight excluding hydrogens is 230 g/mol. The van der Waals surface area contributed by atoms with Crippen LogP contribution >= 0.6 is 0 Å². The van der Waals surface area contributed by atoms with Crippen molar-refractivity contribution in [1.82, 2.24) is 4.90 Å². The molecule has 0 spiro atoms. The lowest BCUT2D eigenvalue weighted by atomic mass is 10.1. The van der Waals surface area contributed by atoms with Gasteiger partial charge in [0.2, 0.25) is 0 Å². The van der Waals surface area contributed by atoms with Crippen LogP contribution in [0.2, 0.25) is 0 Å². The smallest absolute Gasteiger partial charge is 0.254 e. The van der Waals surface area contributed by atoms with Crippen molar-refractivity contribution >= 4 is 11.9 Å². The van der Waals surface area contributed by atoms with Crippen LogP contribution in [0.15, 0.2) is 24.3 Å². The predicted molar refractivity (Wildman–Crippen MR) is 67.2 cm³/mol. The van der Waals surface area contributed by atoms with Gasteiger partial charge in [0.1, 0.15) is 0 Å². The first-order valence-electron chi connectivity index (χ1n) is 5.98. The van der Waals surface area contributed by atoms with Crippen molar-refractivity contribution in [3.63, 3.8) is 0 Å². The third-order valence-corrected chi connectivity index (χ3v) is 2.71. The predicted octanol–water partition coefficient (Wildman–Crippen LogP) is 1.31. The molecule has 4 heteroatoms. The molecule has 1 amide bonds. The van der Waals surface area contributed by atoms with E-state index in [2.05, 4.69) is 0 Å². The van der Waals surface area contributed by atoms with Gasteiger partial charge in [0.05, 0.1) is 5.97 Å². The lowest BCUT2D eigenvalue weighted by Crippen LogP contribution is -2.42. The van der Waals surface area contributed by atoms with Crippen molar-refractivity contribution in [3.8, 4) is 0 Å². The molecule has 4 nitrogen and oxygen atoms in total. The summed E-state index contributed by atoms with van der Waals surface area (Å²) >= 11 is 0. The summed E-state index contributed by atoms with van der Waals surface area (Å²) in [4.78, 5) is 24.7. The number of carboxylic acids is 1. The number of carbonyl (C=O) groups excluding carboxylic acids is 2. The highest BCUT2D eigenvalue weighted by atomic mass is 16.4. The monoisotopic (exact) mass is 248 g/mol. The van der Waals surface area contributed by atoms with Gasteiger partial charge in [-0.15, -0.1) is 0 Å². The van der Waals surface area contributed by atoms with Crippen LogP contribution in [0.25, 0.3) is 0 Å². The second-order valence-corrected chi connectivity index (χ2v) is 4.76. The van der Waals surface area contributed by atoms with E-state index in [0.717, 1.165) is 0 Å². The average Bonchev–Trinajstić information content (AvgIpc) is 2.28. The molecule has 0 saturated carbocycles. The first-order chi connectivity index (χ1) is 8.34. The topological polar surface area (TPSA) is 60.4 Å². The van der Waals surface area contributed by atoms with Gasteiger partial charge in [-0.2, -0.15) is 0 Å². The Morgan fingerprint density at radius 2 is 1.33 bits per heavy atom. The molecule has 0 fully saturated rings. The Labute approximate surface area is 107 Å². The number of benzene rings is 1. The molecule has 0 aliphatic heterocycles. The van der Waals surface area contributed by atoms with E-state index in [9.17, 15) is 14.7 Å². The number of hydrogen-bond donors (Lipinski definition) is 0. The Kier molecular flexibility index (Phi) is 4.48. The largest absolute Gasteiger partial charge is 0.545 e. The van der Waals surface area contributed by atoms with E-state index >= 15 is 0 Å². The fourth-order valence-corrected chi connectivity index (χ4v) is 1.96. The number of rotatable bonds is 4. The van der Waals surface area contributed by atoms with Gasteiger partial charge in [-0.05, 0) is 45.4 Å². The second kappa shape index (κ2) is 5.67. The minimum Gasteiger partial charge on any atom is -0.545 e. The summed E-state index contributed by atoms with van der Waals surface area (Å²) in [6, 6.07) is 6.01. The van der Waals surface area contributed by atoms with Crippen LogP contribution in [-0.2, 0) is 0 Å². The molecule has 0 saturated heterocycles. The van der Waals surface area contributed by atoms with Gasteiger partial charge in [-0.1, -0.05) is 12.1 Å². The van der Waals surface area contributed by atoms with Crippen molar-refractivity contribution < 1.29 is 14.7 Å². The van der Waals surface area contributed by atoms with Gasteiger partial charge < -0.3 is 14.8 Å². The SMILES string of the molecule is CC(C)N(C(=O)c1ccc(C(=O)[O-])cc1)C(C)C. The van der Waals surface area contributed by atoms with Gasteiger partial charge >= 0.3 is 0 Å². The average molecular weight is 248 g/mol. The molecular formula is C14H18NO3-. The van der Waals surface area contributed by atoms with Gasteiger partial charge in [0.25, 0.3) is 5.91 Å². The fraction of sp³-hybridized carbons (Fsp3) is 0.429. The third-order valence-electron chi connectivity index (χ3n) is 2.71. The Hall–Kier alpha value is -1.84. The summed E-state index contributed by atoms with van der Waals surface area (Å²) < 4.78 is 0. The standard InChI is InChI=1S/C14H19NO3/c1-9(2)15(10(3)4)13(16)11-5-7-12(8-6-11)14(17)18/h5-10H,1-4H3,(H,17,18)/p-1. The first kappa shape index (κ1) is 14.2. The van der Waals surface area contributed by atoms with Crippen LogP contribution in [0.5, 0.6) is 0 Å². The highest BCUT2D eigenvalue weighted by Gasteiger charge is 2.21. The molecule has 1 aromatic carbocycles. The summed E-state index contributed by atoms with van der Waals surface area (Å²) in [6.07, 6.45) is 0. The van der Waals surface area contributed by atoms with Crippen LogP contribution in [0, 0.1) is 0 Å². The van der Waals surface area contributed by atoms with Gasteiger partial charge in [-0.25, -0.2) is 0 Å². The molecule has 1 rings (SSSR count). The molecule has 0 radical (unpaired) electrons. The molecule has 0 atom stereocenters. The number of hydrogen-bond acceptors (Lipinski definition) is 3. The van der Waals surface area contributed by atoms with Crippen LogP contribution in [0.4, 0.5) is 0 Å². The van der Waals surface area contributed by atoms with Crippen LogP contribution in [0.3, 0.4) is 0 Å². The molecule has 0 bridgehead atoms. The molecule has 0 aliphatic rings. The summed E-state index contributed by atoms with van der Waals surface area (Å²) in [7, 11) is 0. The molecule has 0 aliphatic carbocycles. The maximum atomic E-state index is 12.3. The van der Waals surface area contributed by atoms with E-state index in [0.29, 0.717) is 5.56 Å². The summed E-state index contributed by atoms with van der Waals surface area (Å²) in [5.74, 6) is -1.33. The highest BCUT2D eigenvalue weighted by molar-refractivity contribution is 5.95. The van der Waals surface area contributed by atoms with Gasteiger partial charge in [0.15, 0.2) is 0 Å². The summed E-state index contributed by atoms with van der Waals surface area (Å²) in [5.41, 5.74) is 0.564. The van der Waals surface area contributed by atoms with E-state index < -0.39 is 5.97 Å². The summed E-state index contributed by atoms with van der Waals surface area (Å²) in [5, 5.41) is 10.6. The third kappa shape index (κ3) is 3.09.